The molecule has 8 heteroatoms. The number of benzene rings is 1. The van der Waals surface area contributed by atoms with Gasteiger partial charge in [-0.1, -0.05) is 71.0 Å². The molecule has 36 heavy (non-hydrogen) atoms. The predicted molar refractivity (Wildman–Crippen MR) is 147 cm³/mol. The third-order valence-electron chi connectivity index (χ3n) is 6.82. The standard InChI is InChI=1S/C28H43N3O4S/c1-17(2)20(16-18(3)26(34)35)30(9)24(33)21(27(4,5)6)29-23(32)22-28(7,8)36-25(31(22)10)19-14-12-11-13-15-19/h11-17,20-22,25H,1-10H3,(H,29,32)(H,34,35)/t20-,21+,22-,25+/m1/s1. The highest BCUT2D eigenvalue weighted by molar-refractivity contribution is 8.01. The van der Waals surface area contributed by atoms with Crippen LogP contribution in [0.4, 0.5) is 0 Å². The highest BCUT2D eigenvalue weighted by Crippen LogP contribution is 2.51. The molecule has 1 aromatic rings. The second-order valence-corrected chi connectivity index (χ2v) is 13.4. The van der Waals surface area contributed by atoms with Crippen molar-refractivity contribution in [2.24, 2.45) is 11.3 Å². The van der Waals surface area contributed by atoms with Gasteiger partial charge in [-0.2, -0.15) is 0 Å². The van der Waals surface area contributed by atoms with Gasteiger partial charge in [-0.15, -0.1) is 11.8 Å². The molecule has 7 nitrogen and oxygen atoms in total. The molecule has 1 heterocycles. The van der Waals surface area contributed by atoms with Gasteiger partial charge in [0.1, 0.15) is 12.1 Å². The zero-order valence-corrected chi connectivity index (χ0v) is 24.1. The molecule has 2 N–H and O–H groups in total. The minimum absolute atomic E-state index is 0.00695. The van der Waals surface area contributed by atoms with Crippen LogP contribution in [0.5, 0.6) is 0 Å². The number of hydrogen-bond donors (Lipinski definition) is 2. The van der Waals surface area contributed by atoms with E-state index in [0.717, 1.165) is 5.56 Å². The number of rotatable bonds is 8. The Morgan fingerprint density at radius 3 is 2.19 bits per heavy atom. The van der Waals surface area contributed by atoms with E-state index in [4.69, 9.17) is 0 Å². The van der Waals surface area contributed by atoms with Crippen molar-refractivity contribution in [1.29, 1.82) is 0 Å². The quantitative estimate of drug-likeness (QED) is 0.492. The van der Waals surface area contributed by atoms with Crippen molar-refractivity contribution in [2.45, 2.75) is 83.6 Å². The number of thioether (sulfide) groups is 1. The molecule has 0 unspecified atom stereocenters. The molecule has 0 radical (unpaired) electrons. The van der Waals surface area contributed by atoms with Crippen LogP contribution in [0.15, 0.2) is 42.0 Å². The van der Waals surface area contributed by atoms with Crippen LogP contribution >= 0.6 is 11.8 Å². The third kappa shape index (κ3) is 6.71. The zero-order valence-electron chi connectivity index (χ0n) is 23.3. The average Bonchev–Trinajstić information content (AvgIpc) is 3.02. The van der Waals surface area contributed by atoms with Gasteiger partial charge in [-0.3, -0.25) is 14.5 Å². The van der Waals surface area contributed by atoms with Gasteiger partial charge in [-0.25, -0.2) is 4.79 Å². The predicted octanol–water partition coefficient (Wildman–Crippen LogP) is 4.56. The summed E-state index contributed by atoms with van der Waals surface area (Å²) < 4.78 is -0.376. The van der Waals surface area contributed by atoms with Gasteiger partial charge < -0.3 is 15.3 Å². The van der Waals surface area contributed by atoms with Crippen molar-refractivity contribution in [3.05, 3.63) is 47.5 Å². The summed E-state index contributed by atoms with van der Waals surface area (Å²) in [6.45, 7) is 15.3. The van der Waals surface area contributed by atoms with E-state index < -0.39 is 29.5 Å². The number of aliphatic carboxylic acids is 1. The first-order chi connectivity index (χ1) is 16.5. The molecule has 2 amide bonds. The van der Waals surface area contributed by atoms with Crippen LogP contribution < -0.4 is 5.32 Å². The number of likely N-dealkylation sites (N-methyl/N-ethyl adjacent to an activating group) is 2. The summed E-state index contributed by atoms with van der Waals surface area (Å²) in [5.74, 6) is -1.45. The van der Waals surface area contributed by atoms with Gasteiger partial charge in [0.05, 0.1) is 11.4 Å². The highest BCUT2D eigenvalue weighted by Gasteiger charge is 2.51. The minimum atomic E-state index is -1.01. The molecule has 0 aliphatic carbocycles. The van der Waals surface area contributed by atoms with Crippen LogP contribution in [0.3, 0.4) is 0 Å². The zero-order chi connectivity index (χ0) is 27.6. The molecule has 0 aromatic heterocycles. The Bertz CT molecular complexity index is 984. The van der Waals surface area contributed by atoms with Gasteiger partial charge >= 0.3 is 5.97 Å². The fourth-order valence-electron chi connectivity index (χ4n) is 4.78. The van der Waals surface area contributed by atoms with Gasteiger partial charge in [0.25, 0.3) is 0 Å². The van der Waals surface area contributed by atoms with E-state index in [1.807, 2.05) is 59.9 Å². The molecular weight excluding hydrogens is 474 g/mol. The van der Waals surface area contributed by atoms with E-state index in [2.05, 4.69) is 36.2 Å². The summed E-state index contributed by atoms with van der Waals surface area (Å²) in [5, 5.41) is 12.5. The first-order valence-electron chi connectivity index (χ1n) is 12.4. The number of carbonyl (C=O) groups is 3. The fourth-order valence-corrected chi connectivity index (χ4v) is 6.34. The molecule has 1 aliphatic rings. The van der Waals surface area contributed by atoms with Crippen LogP contribution in [0.25, 0.3) is 0 Å². The number of nitrogens with one attached hydrogen (secondary N) is 1. The number of amides is 2. The summed E-state index contributed by atoms with van der Waals surface area (Å²) >= 11 is 1.74. The Balaban J connectivity index is 2.34. The van der Waals surface area contributed by atoms with E-state index in [0.29, 0.717) is 0 Å². The highest BCUT2D eigenvalue weighted by atomic mass is 32.2. The van der Waals surface area contributed by atoms with Crippen LogP contribution in [0, 0.1) is 11.3 Å². The van der Waals surface area contributed by atoms with Crippen molar-refractivity contribution in [1.82, 2.24) is 15.1 Å². The summed E-state index contributed by atoms with van der Waals surface area (Å²) in [7, 11) is 3.63. The number of hydrogen-bond acceptors (Lipinski definition) is 5. The Hall–Kier alpha value is -2.32. The fraction of sp³-hybridized carbons (Fsp3) is 0.607. The topological polar surface area (TPSA) is 90.0 Å². The van der Waals surface area contributed by atoms with E-state index >= 15 is 0 Å². The SMILES string of the molecule is CC(=C[C@H](C(C)C)N(C)C(=O)[C@H](NC(=O)[C@H]1N(C)[C@H](c2ccccc2)SC1(C)C)C(C)(C)C)C(=O)O. The molecule has 0 spiro atoms. The Morgan fingerprint density at radius 2 is 1.72 bits per heavy atom. The van der Waals surface area contributed by atoms with E-state index in [9.17, 15) is 19.5 Å². The minimum Gasteiger partial charge on any atom is -0.478 e. The first kappa shape index (κ1) is 29.9. The van der Waals surface area contributed by atoms with E-state index in [-0.39, 0.29) is 33.4 Å². The first-order valence-corrected chi connectivity index (χ1v) is 13.3. The van der Waals surface area contributed by atoms with Crippen molar-refractivity contribution < 1.29 is 19.5 Å². The normalized spacial score (nSPS) is 22.2. The van der Waals surface area contributed by atoms with Crippen molar-refractivity contribution in [2.75, 3.05) is 14.1 Å². The molecule has 1 fully saturated rings. The van der Waals surface area contributed by atoms with E-state index in [1.54, 1.807) is 29.8 Å². The summed E-state index contributed by atoms with van der Waals surface area (Å²) in [4.78, 5) is 42.6. The van der Waals surface area contributed by atoms with Crippen LogP contribution in [-0.2, 0) is 14.4 Å². The molecule has 0 saturated carbocycles. The summed E-state index contributed by atoms with van der Waals surface area (Å²) in [6, 6.07) is 8.48. The molecule has 1 saturated heterocycles. The Labute approximate surface area is 220 Å². The maximum Gasteiger partial charge on any atom is 0.331 e. The Morgan fingerprint density at radius 1 is 1.17 bits per heavy atom. The smallest absolute Gasteiger partial charge is 0.331 e. The molecule has 1 aliphatic heterocycles. The second-order valence-electron chi connectivity index (χ2n) is 11.7. The number of nitrogens with zero attached hydrogens (tertiary/aromatic N) is 2. The molecule has 4 atom stereocenters. The maximum absolute atomic E-state index is 13.8. The summed E-state index contributed by atoms with van der Waals surface area (Å²) in [5.41, 5.74) is 0.765. The van der Waals surface area contributed by atoms with E-state index in [1.165, 1.54) is 6.92 Å². The third-order valence-corrected chi connectivity index (χ3v) is 8.48. The summed E-state index contributed by atoms with van der Waals surface area (Å²) in [6.07, 6.45) is 1.61. The molecule has 200 valence electrons. The molecule has 1 aromatic carbocycles. The molecule has 0 bridgehead atoms. The number of carboxylic acids is 1. The van der Waals surface area contributed by atoms with Crippen molar-refractivity contribution in [3.63, 3.8) is 0 Å². The van der Waals surface area contributed by atoms with Crippen molar-refractivity contribution in [3.8, 4) is 0 Å². The second kappa shape index (κ2) is 11.4. The van der Waals surface area contributed by atoms with Gasteiger partial charge in [0.2, 0.25) is 11.8 Å². The van der Waals surface area contributed by atoms with Crippen molar-refractivity contribution >= 4 is 29.5 Å². The average molecular weight is 518 g/mol. The monoisotopic (exact) mass is 517 g/mol. The number of carboxylic acid groups (broad SMARTS) is 1. The van der Waals surface area contributed by atoms with Crippen LogP contribution in [0.2, 0.25) is 0 Å². The largest absolute Gasteiger partial charge is 0.478 e. The lowest BCUT2D eigenvalue weighted by molar-refractivity contribution is -0.141. The van der Waals surface area contributed by atoms with Gasteiger partial charge in [-0.05, 0) is 44.7 Å². The van der Waals surface area contributed by atoms with Gasteiger partial charge in [0.15, 0.2) is 0 Å². The van der Waals surface area contributed by atoms with Gasteiger partial charge in [0, 0.05) is 17.4 Å². The lowest BCUT2D eigenvalue weighted by atomic mass is 9.84. The van der Waals surface area contributed by atoms with Crippen LogP contribution in [0.1, 0.15) is 66.3 Å². The lowest BCUT2D eigenvalue weighted by Gasteiger charge is -2.39. The van der Waals surface area contributed by atoms with Crippen LogP contribution in [-0.4, -0.2) is 69.7 Å². The maximum atomic E-state index is 13.8. The molecule has 2 rings (SSSR count). The lowest BCUT2D eigenvalue weighted by Crippen LogP contribution is -2.60. The Kier molecular flexibility index (Phi) is 9.46. The molecular formula is C28H43N3O4S. The number of carbonyl (C=O) groups excluding carboxylic acids is 2.